The fourth-order valence-electron chi connectivity index (χ4n) is 3.88. The SMILES string of the molecule is N#CC1(CC(=O)c2cc(-n3cc(-c4c(Cl)cc(C(F)(C(F)(F)F)C(F)(F)F)cc4Cl)cn3)ccc2Cl)CC1. The molecule has 1 heterocycles. The molecule has 0 amide bonds. The quantitative estimate of drug-likeness (QED) is 0.211. The monoisotopic (exact) mass is 597 g/mol. The molecule has 0 unspecified atom stereocenters. The van der Waals surface area contributed by atoms with Gasteiger partial charge in [-0.05, 0) is 43.2 Å². The van der Waals surface area contributed by atoms with E-state index in [-0.39, 0.29) is 46.0 Å². The number of hydrogen-bond acceptors (Lipinski definition) is 3. The maximum Gasteiger partial charge on any atom is 0.435 e. The molecule has 0 atom stereocenters. The molecule has 1 aromatic heterocycles. The Morgan fingerprint density at radius 1 is 0.974 bits per heavy atom. The Hall–Kier alpha value is -2.81. The molecule has 38 heavy (non-hydrogen) atoms. The van der Waals surface area contributed by atoms with E-state index in [1.165, 1.54) is 35.3 Å². The fraction of sp³-hybridized carbons (Fsp3) is 0.292. The van der Waals surface area contributed by atoms with E-state index in [0.29, 0.717) is 18.5 Å². The van der Waals surface area contributed by atoms with Gasteiger partial charge in [-0.15, -0.1) is 0 Å². The van der Waals surface area contributed by atoms with Gasteiger partial charge >= 0.3 is 18.0 Å². The molecule has 3 aromatic rings. The number of ketones is 1. The van der Waals surface area contributed by atoms with Crippen LogP contribution in [-0.4, -0.2) is 27.9 Å². The zero-order valence-electron chi connectivity index (χ0n) is 18.7. The number of aromatic nitrogens is 2. The number of nitriles is 1. The lowest BCUT2D eigenvalue weighted by Crippen LogP contribution is -2.50. The highest BCUT2D eigenvalue weighted by atomic mass is 35.5. The highest BCUT2D eigenvalue weighted by molar-refractivity contribution is 6.39. The van der Waals surface area contributed by atoms with Crippen LogP contribution in [-0.2, 0) is 5.67 Å². The number of Topliss-reactive ketones (excluding diaryl/α,β-unsaturated/α-hetero) is 1. The summed E-state index contributed by atoms with van der Waals surface area (Å²) in [6.07, 6.45) is -9.00. The zero-order valence-corrected chi connectivity index (χ0v) is 21.0. The Labute approximate surface area is 225 Å². The summed E-state index contributed by atoms with van der Waals surface area (Å²) in [6, 6.07) is 6.91. The molecule has 1 aliphatic rings. The summed E-state index contributed by atoms with van der Waals surface area (Å²) in [5.41, 5.74) is -7.87. The van der Waals surface area contributed by atoms with Crippen LogP contribution in [0.25, 0.3) is 16.8 Å². The molecule has 0 saturated heterocycles. The van der Waals surface area contributed by atoms with Crippen molar-refractivity contribution in [3.63, 3.8) is 0 Å². The maximum atomic E-state index is 14.5. The van der Waals surface area contributed by atoms with E-state index in [2.05, 4.69) is 11.2 Å². The van der Waals surface area contributed by atoms with E-state index in [1.807, 2.05) is 0 Å². The van der Waals surface area contributed by atoms with Crippen LogP contribution in [0, 0.1) is 16.7 Å². The van der Waals surface area contributed by atoms with Crippen molar-refractivity contribution in [2.45, 2.75) is 37.3 Å². The molecule has 4 rings (SSSR count). The predicted molar refractivity (Wildman–Crippen MR) is 125 cm³/mol. The van der Waals surface area contributed by atoms with Crippen LogP contribution in [0.15, 0.2) is 42.7 Å². The van der Waals surface area contributed by atoms with Gasteiger partial charge in [-0.1, -0.05) is 34.8 Å². The van der Waals surface area contributed by atoms with Gasteiger partial charge in [0.2, 0.25) is 0 Å². The van der Waals surface area contributed by atoms with Crippen LogP contribution in [0.3, 0.4) is 0 Å². The minimum Gasteiger partial charge on any atom is -0.294 e. The maximum absolute atomic E-state index is 14.5. The van der Waals surface area contributed by atoms with E-state index >= 15 is 0 Å². The third-order valence-corrected chi connectivity index (χ3v) is 7.12. The standard InChI is InChI=1S/C24H13Cl3F7N3O/c25-16-2-1-14(7-15(16)19(38)8-21(11-35)3-4-21)37-10-12(9-36-37)20-17(26)5-13(6-18(20)27)22(28,23(29,30)31)24(32,33)34/h1-2,5-7,9-10H,3-4,8H2. The first-order valence-electron chi connectivity index (χ1n) is 10.6. The minimum atomic E-state index is -6.33. The van der Waals surface area contributed by atoms with Crippen LogP contribution >= 0.6 is 34.8 Å². The summed E-state index contributed by atoms with van der Waals surface area (Å²) >= 11 is 18.1. The normalized spacial score (nSPS) is 15.3. The van der Waals surface area contributed by atoms with Gasteiger partial charge in [-0.25, -0.2) is 9.07 Å². The summed E-state index contributed by atoms with van der Waals surface area (Å²) in [7, 11) is 0. The smallest absolute Gasteiger partial charge is 0.294 e. The Kier molecular flexibility index (Phi) is 7.00. The predicted octanol–water partition coefficient (Wildman–Crippen LogP) is 8.67. The molecule has 1 aliphatic carbocycles. The van der Waals surface area contributed by atoms with Crippen LogP contribution < -0.4 is 0 Å². The third kappa shape index (κ3) is 4.85. The van der Waals surface area contributed by atoms with E-state index in [0.717, 1.165) is 0 Å². The number of benzene rings is 2. The number of halogens is 10. The molecule has 1 saturated carbocycles. The highest BCUT2D eigenvalue weighted by Gasteiger charge is 2.73. The van der Waals surface area contributed by atoms with Crippen molar-refractivity contribution in [1.29, 1.82) is 5.26 Å². The highest BCUT2D eigenvalue weighted by Crippen LogP contribution is 2.55. The van der Waals surface area contributed by atoms with Gasteiger partial charge < -0.3 is 0 Å². The first-order valence-corrected chi connectivity index (χ1v) is 11.8. The van der Waals surface area contributed by atoms with Crippen molar-refractivity contribution in [2.24, 2.45) is 5.41 Å². The lowest BCUT2D eigenvalue weighted by molar-refractivity contribution is -0.348. The summed E-state index contributed by atoms with van der Waals surface area (Å²) in [6.45, 7) is 0. The number of rotatable bonds is 6. The molecule has 0 bridgehead atoms. The Morgan fingerprint density at radius 3 is 2.05 bits per heavy atom. The first kappa shape index (κ1) is 28.2. The van der Waals surface area contributed by atoms with Gasteiger partial charge in [-0.2, -0.15) is 36.7 Å². The van der Waals surface area contributed by atoms with Gasteiger partial charge in [0.25, 0.3) is 0 Å². The minimum absolute atomic E-state index is 0.0134. The van der Waals surface area contributed by atoms with Crippen LogP contribution in [0.1, 0.15) is 35.2 Å². The van der Waals surface area contributed by atoms with Crippen molar-refractivity contribution in [3.05, 3.63) is 68.9 Å². The lowest BCUT2D eigenvalue weighted by atomic mass is 9.92. The summed E-state index contributed by atoms with van der Waals surface area (Å²) in [5.74, 6) is -0.353. The lowest BCUT2D eigenvalue weighted by Gasteiger charge is -2.30. The largest absolute Gasteiger partial charge is 0.435 e. The number of carbonyl (C=O) groups is 1. The number of carbonyl (C=O) groups excluding carboxylic acids is 1. The van der Waals surface area contributed by atoms with E-state index in [9.17, 15) is 40.8 Å². The second kappa shape index (κ2) is 9.43. The van der Waals surface area contributed by atoms with Gasteiger partial charge in [-0.3, -0.25) is 4.79 Å². The fourth-order valence-corrected chi connectivity index (χ4v) is 4.81. The number of alkyl halides is 7. The molecule has 1 fully saturated rings. The van der Waals surface area contributed by atoms with Crippen molar-refractivity contribution in [3.8, 4) is 22.9 Å². The summed E-state index contributed by atoms with van der Waals surface area (Å²) < 4.78 is 94.6. The van der Waals surface area contributed by atoms with Gasteiger partial charge in [0.15, 0.2) is 5.78 Å². The number of hydrogen-bond donors (Lipinski definition) is 0. The Bertz CT molecular complexity index is 1430. The Balaban J connectivity index is 1.70. The molecule has 2 aromatic carbocycles. The molecule has 4 nitrogen and oxygen atoms in total. The van der Waals surface area contributed by atoms with E-state index in [1.54, 1.807) is 0 Å². The van der Waals surface area contributed by atoms with Gasteiger partial charge in [0.05, 0.1) is 38.4 Å². The second-order valence-corrected chi connectivity index (χ2v) is 10.0. The molecule has 14 heteroatoms. The molecule has 200 valence electrons. The van der Waals surface area contributed by atoms with Gasteiger partial charge in [0, 0.05) is 34.9 Å². The van der Waals surface area contributed by atoms with E-state index < -0.39 is 39.0 Å². The van der Waals surface area contributed by atoms with Crippen molar-refractivity contribution >= 4 is 40.6 Å². The second-order valence-electron chi connectivity index (χ2n) is 8.80. The first-order chi connectivity index (χ1) is 17.5. The summed E-state index contributed by atoms with van der Waals surface area (Å²) in [5, 5.41) is 12.1. The zero-order chi connectivity index (χ0) is 28.3. The summed E-state index contributed by atoms with van der Waals surface area (Å²) in [4.78, 5) is 12.7. The van der Waals surface area contributed by atoms with Crippen molar-refractivity contribution in [1.82, 2.24) is 9.78 Å². The molecule has 0 radical (unpaired) electrons. The molecule has 0 spiro atoms. The van der Waals surface area contributed by atoms with Crippen LogP contribution in [0.4, 0.5) is 30.7 Å². The molecule has 0 aliphatic heterocycles. The van der Waals surface area contributed by atoms with Crippen LogP contribution in [0.2, 0.25) is 15.1 Å². The van der Waals surface area contributed by atoms with Crippen LogP contribution in [0.5, 0.6) is 0 Å². The average molecular weight is 599 g/mol. The molecular weight excluding hydrogens is 586 g/mol. The van der Waals surface area contributed by atoms with Gasteiger partial charge in [0.1, 0.15) is 0 Å². The van der Waals surface area contributed by atoms with Crippen molar-refractivity contribution < 1.29 is 35.5 Å². The molecule has 0 N–H and O–H groups in total. The Morgan fingerprint density at radius 2 is 1.55 bits per heavy atom. The topological polar surface area (TPSA) is 58.7 Å². The number of nitrogens with zero attached hydrogens (tertiary/aromatic N) is 3. The third-order valence-electron chi connectivity index (χ3n) is 6.20. The molecular formula is C24H13Cl3F7N3O. The van der Waals surface area contributed by atoms with Crippen molar-refractivity contribution in [2.75, 3.05) is 0 Å². The van der Waals surface area contributed by atoms with E-state index in [4.69, 9.17) is 34.8 Å². The average Bonchev–Trinajstić information content (AvgIpc) is 3.42.